The first-order chi connectivity index (χ1) is 68.8. The van der Waals surface area contributed by atoms with E-state index in [2.05, 4.69) is 211 Å². The SMILES string of the molecule is Cc1cc2c(oc3nc(C)c4ccccc4c32)c(-c2c3ccc(C(C)C)cc3cc[n+]2C)c1C.Cc1ccc2c(oc3ncc4ccccc4c32)c1-c1c2ccc(C(C)C)cc2cc[n+]1C.[2H]C([2H])([2H])c1cc2c(oc3nc(C)c4ccccc4c32)c(-c2c3ccc(C([2H])(C)C([2H])([2H])[2H])cc3cc[n+]2C)c1C.[2H]C([2H])([2H])c1cc2c(oc3nc(C)c4ccccc4c32)c(-c2c3ccc(C([2H])(C)C)cc3cc[n+]2C)c1C. The molecule has 0 amide bonds. The molecule has 0 aliphatic rings. The van der Waals surface area contributed by atoms with E-state index in [0.717, 1.165) is 148 Å². The first-order valence-corrected chi connectivity index (χ1v) is 46.0. The van der Waals surface area contributed by atoms with Crippen molar-refractivity contribution in [3.05, 3.63) is 334 Å². The summed E-state index contributed by atoms with van der Waals surface area (Å²) in [6.45, 7) is 23.1. The van der Waals surface area contributed by atoms with Crippen LogP contribution in [0.1, 0.15) is 172 Å². The zero-order chi connectivity index (χ0) is 102. The number of aromatic nitrogens is 8. The standard InChI is InChI=1S/3C31H29N2O.C29H25N2O/c3*1-17(2)21-11-12-24-22(16-21)13-14-33(6)29(24)27-19(4)18(3)15-26-28-25-10-8-7-9-23(25)20(5)32-31(28)34-30(26)27;1-17(2)19-10-12-23-20(15-19)13-14-31(4)27(23)25-18(3)9-11-24-26-22-8-6-5-7-21(22)16-30-29(26)32-28(24)25/h3*7-17H,1-6H3;5-17H,1-4H3/q4*+1/i1D3,3D3,17D;3D3,17D;;. The lowest BCUT2D eigenvalue weighted by Crippen LogP contribution is -2.31. The van der Waals surface area contributed by atoms with Crippen LogP contribution in [0.2, 0.25) is 0 Å². The summed E-state index contributed by atoms with van der Waals surface area (Å²) in [5.74, 6) is -1.54. The average Bonchev–Trinajstić information content (AvgIpc) is 1.51. The Kier molecular flexibility index (Phi) is 18.2. The predicted molar refractivity (Wildman–Crippen MR) is 556 cm³/mol. The Labute approximate surface area is 795 Å². The van der Waals surface area contributed by atoms with Gasteiger partial charge in [0.05, 0.1) is 65.3 Å². The normalized spacial score (nSPS) is 14.1. The van der Waals surface area contributed by atoms with Crippen molar-refractivity contribution in [1.29, 1.82) is 0 Å². The quantitative estimate of drug-likeness (QED) is 0.138. The Morgan fingerprint density at radius 3 is 0.970 bits per heavy atom. The van der Waals surface area contributed by atoms with Gasteiger partial charge in [-0.05, 0) is 239 Å². The largest absolute Gasteiger partial charge is 0.437 e. The van der Waals surface area contributed by atoms with Crippen LogP contribution in [0.25, 0.3) is 219 Å². The molecule has 1 atom stereocenters. The first kappa shape index (κ1) is 73.7. The fourth-order valence-corrected chi connectivity index (χ4v) is 20.5. The molecule has 1 unspecified atom stereocenters. The molecular weight excluding hydrogens is 1640 g/mol. The van der Waals surface area contributed by atoms with Crippen LogP contribution in [0.4, 0.5) is 0 Å². The Hall–Kier alpha value is -14.9. The van der Waals surface area contributed by atoms with E-state index in [1.54, 1.807) is 31.2 Å². The second-order valence-corrected chi connectivity index (χ2v) is 37.3. The molecule has 660 valence electrons. The van der Waals surface area contributed by atoms with Gasteiger partial charge in [-0.15, -0.1) is 0 Å². The molecule has 0 radical (unpaired) electrons. The van der Waals surface area contributed by atoms with E-state index >= 15 is 0 Å². The Balaban J connectivity index is 0.000000114. The number of furan rings is 4. The summed E-state index contributed by atoms with van der Waals surface area (Å²) in [4.78, 5) is 19.1. The van der Waals surface area contributed by atoms with Gasteiger partial charge in [0.15, 0.2) is 47.1 Å². The van der Waals surface area contributed by atoms with Crippen molar-refractivity contribution < 1.29 is 51.0 Å². The van der Waals surface area contributed by atoms with Crippen LogP contribution in [-0.2, 0) is 28.2 Å². The number of hydrogen-bond donors (Lipinski definition) is 0. The van der Waals surface area contributed by atoms with Crippen LogP contribution in [0.3, 0.4) is 0 Å². The van der Waals surface area contributed by atoms with Gasteiger partial charge in [-0.2, -0.15) is 0 Å². The summed E-state index contributed by atoms with van der Waals surface area (Å²) in [5, 5.41) is 24.5. The summed E-state index contributed by atoms with van der Waals surface area (Å²) in [6, 6.07) is 76.2. The topological polar surface area (TPSA) is 120 Å². The lowest BCUT2D eigenvalue weighted by atomic mass is 9.92. The lowest BCUT2D eigenvalue weighted by molar-refractivity contribution is -0.659. The van der Waals surface area contributed by atoms with Crippen LogP contribution in [0, 0.1) is 69.1 Å². The Morgan fingerprint density at radius 2 is 0.590 bits per heavy atom. The molecule has 0 fully saturated rings. The molecular formula is C122H112N8O4+4. The fourth-order valence-electron chi connectivity index (χ4n) is 20.5. The number of benzene rings is 12. The molecule has 0 aliphatic heterocycles. The molecule has 12 nitrogen and oxygen atoms in total. The summed E-state index contributed by atoms with van der Waals surface area (Å²) in [7, 11) is 8.08. The monoisotopic (exact) mass is 1760 g/mol. The number of nitrogens with zero attached hydrogens (tertiary/aromatic N) is 8. The molecule has 0 saturated carbocycles. The molecule has 134 heavy (non-hydrogen) atoms. The van der Waals surface area contributed by atoms with Crippen molar-refractivity contribution in [1.82, 2.24) is 19.9 Å². The maximum Gasteiger partial charge on any atom is 0.228 e. The Morgan fingerprint density at radius 1 is 0.276 bits per heavy atom. The third-order valence-electron chi connectivity index (χ3n) is 28.0. The second-order valence-electron chi connectivity index (χ2n) is 37.3. The van der Waals surface area contributed by atoms with Crippen LogP contribution < -0.4 is 18.3 Å². The van der Waals surface area contributed by atoms with Gasteiger partial charge in [0.25, 0.3) is 0 Å². The van der Waals surface area contributed by atoms with E-state index in [1.807, 2.05) is 161 Å². The van der Waals surface area contributed by atoms with Crippen molar-refractivity contribution in [2.24, 2.45) is 28.2 Å². The highest BCUT2D eigenvalue weighted by Crippen LogP contribution is 2.49. The van der Waals surface area contributed by atoms with Gasteiger partial charge in [0.2, 0.25) is 45.6 Å². The number of aryl methyl sites for hydroxylation is 11. The third kappa shape index (κ3) is 14.1. The highest BCUT2D eigenvalue weighted by molar-refractivity contribution is 6.25. The van der Waals surface area contributed by atoms with Gasteiger partial charge in [0.1, 0.15) is 28.2 Å². The number of rotatable bonds is 8. The zero-order valence-corrected chi connectivity index (χ0v) is 79.1. The summed E-state index contributed by atoms with van der Waals surface area (Å²) >= 11 is 0. The van der Waals surface area contributed by atoms with E-state index in [1.165, 1.54) is 83.8 Å². The van der Waals surface area contributed by atoms with Gasteiger partial charge < -0.3 is 17.7 Å². The third-order valence-corrected chi connectivity index (χ3v) is 28.0. The first-order valence-electron chi connectivity index (χ1n) is 51.5. The zero-order valence-electron chi connectivity index (χ0n) is 90.1. The lowest BCUT2D eigenvalue weighted by Gasteiger charge is -2.12. The molecule has 0 spiro atoms. The second kappa shape index (κ2) is 33.1. The minimum absolute atomic E-state index is 0.224. The Bertz CT molecular complexity index is 9610. The molecule has 0 N–H and O–H groups in total. The molecule has 12 heteroatoms. The molecule has 12 aromatic carbocycles. The fraction of sp³-hybridized carbons (Fsp3) is 0.213. The summed E-state index contributed by atoms with van der Waals surface area (Å²) < 4.78 is 125. The van der Waals surface area contributed by atoms with E-state index in [4.69, 9.17) is 47.7 Å². The smallest absolute Gasteiger partial charge is 0.228 e. The number of pyridine rings is 8. The van der Waals surface area contributed by atoms with Crippen molar-refractivity contribution in [3.63, 3.8) is 0 Å². The van der Waals surface area contributed by atoms with Crippen LogP contribution in [0.15, 0.2) is 273 Å². The van der Waals surface area contributed by atoms with E-state index < -0.39 is 32.3 Å². The van der Waals surface area contributed by atoms with E-state index in [9.17, 15) is 0 Å². The van der Waals surface area contributed by atoms with Gasteiger partial charge in [-0.25, -0.2) is 38.2 Å². The van der Waals surface area contributed by atoms with Crippen molar-refractivity contribution in [2.45, 2.75) is 148 Å². The summed E-state index contributed by atoms with van der Waals surface area (Å²) in [5.41, 5.74) is 25.0. The van der Waals surface area contributed by atoms with Crippen LogP contribution in [-0.4, -0.2) is 19.9 Å². The molecule has 0 aliphatic carbocycles. The highest BCUT2D eigenvalue weighted by Gasteiger charge is 2.33. The maximum atomic E-state index is 8.59. The maximum absolute atomic E-state index is 8.59. The summed E-state index contributed by atoms with van der Waals surface area (Å²) in [6.07, 6.45) is 10.0. The van der Waals surface area contributed by atoms with Crippen molar-refractivity contribution in [3.8, 4) is 45.0 Å². The molecule has 24 rings (SSSR count). The van der Waals surface area contributed by atoms with Crippen molar-refractivity contribution >= 4 is 174 Å². The van der Waals surface area contributed by atoms with Crippen molar-refractivity contribution in [2.75, 3.05) is 0 Å². The molecule has 24 aromatic rings. The minimum Gasteiger partial charge on any atom is -0.437 e. The van der Waals surface area contributed by atoms with Gasteiger partial charge in [-0.1, -0.05) is 213 Å². The van der Waals surface area contributed by atoms with Gasteiger partial charge in [0, 0.05) is 106 Å². The average molecular weight is 1770 g/mol. The highest BCUT2D eigenvalue weighted by atomic mass is 16.4. The molecule has 0 saturated heterocycles. The number of fused-ring (bicyclic) bond motifs is 24. The minimum atomic E-state index is -2.51. The van der Waals surface area contributed by atoms with Gasteiger partial charge >= 0.3 is 0 Å². The van der Waals surface area contributed by atoms with Crippen LogP contribution in [0.5, 0.6) is 0 Å². The van der Waals surface area contributed by atoms with E-state index in [0.29, 0.717) is 79.1 Å². The predicted octanol–water partition coefficient (Wildman–Crippen LogP) is 30.7. The van der Waals surface area contributed by atoms with E-state index in [-0.39, 0.29) is 5.56 Å². The molecule has 12 aromatic heterocycles. The van der Waals surface area contributed by atoms with Gasteiger partial charge in [-0.3, -0.25) is 0 Å². The molecule has 0 bridgehead atoms. The molecule has 12 heterocycles. The number of hydrogen-bond acceptors (Lipinski definition) is 8. The van der Waals surface area contributed by atoms with Crippen LogP contribution >= 0.6 is 0 Å².